The molecule has 0 saturated carbocycles. The highest BCUT2D eigenvalue weighted by Gasteiger charge is 2.29. The second-order valence-corrected chi connectivity index (χ2v) is 6.19. The third-order valence-electron chi connectivity index (χ3n) is 3.33. The zero-order chi connectivity index (χ0) is 21.7. The van der Waals surface area contributed by atoms with Gasteiger partial charge in [0, 0.05) is 12.6 Å². The van der Waals surface area contributed by atoms with Crippen molar-refractivity contribution in [2.75, 3.05) is 13.2 Å². The predicted octanol–water partition coefficient (Wildman–Crippen LogP) is 0.0302. The molecular formula is C19H29NO8. The van der Waals surface area contributed by atoms with Crippen molar-refractivity contribution in [3.8, 4) is 5.75 Å². The molecule has 6 N–H and O–H groups in total. The molecule has 9 nitrogen and oxygen atoms in total. The van der Waals surface area contributed by atoms with Crippen LogP contribution in [0, 0.1) is 0 Å². The summed E-state index contributed by atoms with van der Waals surface area (Å²) in [5.41, 5.74) is 1.09. The molecule has 0 bridgehead atoms. The van der Waals surface area contributed by atoms with Gasteiger partial charge in [0.25, 0.3) is 0 Å². The van der Waals surface area contributed by atoms with E-state index in [2.05, 4.69) is 11.9 Å². The lowest BCUT2D eigenvalue weighted by Crippen LogP contribution is -2.39. The second-order valence-electron chi connectivity index (χ2n) is 6.19. The van der Waals surface area contributed by atoms with Gasteiger partial charge in [0.2, 0.25) is 0 Å². The first-order valence-corrected chi connectivity index (χ1v) is 8.64. The summed E-state index contributed by atoms with van der Waals surface area (Å²) in [5.74, 6) is -2.72. The Morgan fingerprint density at radius 2 is 1.64 bits per heavy atom. The van der Waals surface area contributed by atoms with Crippen LogP contribution in [0.1, 0.15) is 19.4 Å². The van der Waals surface area contributed by atoms with E-state index in [1.807, 2.05) is 44.2 Å². The lowest BCUT2D eigenvalue weighted by Gasteiger charge is -2.16. The normalized spacial score (nSPS) is 13.6. The number of carboxylic acids is 2. The molecule has 158 valence electrons. The van der Waals surface area contributed by atoms with E-state index in [9.17, 15) is 14.7 Å². The predicted molar refractivity (Wildman–Crippen MR) is 102 cm³/mol. The summed E-state index contributed by atoms with van der Waals surface area (Å²) >= 11 is 0. The van der Waals surface area contributed by atoms with E-state index in [0.717, 1.165) is 17.7 Å². The summed E-state index contributed by atoms with van der Waals surface area (Å²) in [6.45, 7) is 8.67. The number of aliphatic carboxylic acids is 2. The number of allylic oxidation sites excluding steroid dienone is 1. The molecule has 0 radical (unpaired) electrons. The average Bonchev–Trinajstić information content (AvgIpc) is 2.65. The first kappa shape index (κ1) is 25.5. The van der Waals surface area contributed by atoms with E-state index in [4.69, 9.17) is 25.2 Å². The molecule has 0 saturated heterocycles. The summed E-state index contributed by atoms with van der Waals surface area (Å²) < 4.78 is 5.65. The number of aliphatic hydroxyl groups is 3. The Hall–Kier alpha value is -2.46. The van der Waals surface area contributed by atoms with Crippen LogP contribution in [0.15, 0.2) is 36.9 Å². The molecule has 1 rings (SSSR count). The van der Waals surface area contributed by atoms with Crippen molar-refractivity contribution in [2.45, 2.75) is 44.6 Å². The number of aliphatic hydroxyl groups excluding tert-OH is 3. The Kier molecular flexibility index (Phi) is 12.5. The molecule has 3 atom stereocenters. The number of carbonyl (C=O) groups is 2. The van der Waals surface area contributed by atoms with E-state index < -0.39 is 30.3 Å². The Bertz CT molecular complexity index is 602. The van der Waals surface area contributed by atoms with Crippen LogP contribution in [-0.4, -0.2) is 75.0 Å². The van der Waals surface area contributed by atoms with Crippen LogP contribution in [0.4, 0.5) is 0 Å². The number of carboxylic acid groups (broad SMARTS) is 2. The van der Waals surface area contributed by atoms with Gasteiger partial charge >= 0.3 is 11.9 Å². The van der Waals surface area contributed by atoms with Gasteiger partial charge in [-0.3, -0.25) is 0 Å². The van der Waals surface area contributed by atoms with E-state index >= 15 is 0 Å². The number of hydrogen-bond acceptors (Lipinski definition) is 7. The minimum atomic E-state index is -2.27. The fourth-order valence-corrected chi connectivity index (χ4v) is 1.86. The van der Waals surface area contributed by atoms with E-state index in [0.29, 0.717) is 19.2 Å². The molecule has 0 aliphatic carbocycles. The minimum Gasteiger partial charge on any atom is -0.491 e. The molecule has 0 fully saturated rings. The fourth-order valence-electron chi connectivity index (χ4n) is 1.86. The van der Waals surface area contributed by atoms with Crippen LogP contribution in [0.25, 0.3) is 0 Å². The van der Waals surface area contributed by atoms with Gasteiger partial charge in [-0.15, -0.1) is 6.58 Å². The molecule has 0 unspecified atom stereocenters. The molecule has 0 heterocycles. The Morgan fingerprint density at radius 1 is 1.11 bits per heavy atom. The summed E-state index contributed by atoms with van der Waals surface area (Å²) in [7, 11) is 0. The SMILES string of the molecule is C=CCc1ccccc1OC[C@@H](O)CNC(C)C.O=C(O)[C@H](O)[C@@H](O)C(=O)O. The quantitative estimate of drug-likeness (QED) is 0.283. The molecule has 28 heavy (non-hydrogen) atoms. The molecule has 0 amide bonds. The lowest BCUT2D eigenvalue weighted by atomic mass is 10.1. The van der Waals surface area contributed by atoms with Crippen molar-refractivity contribution < 1.29 is 39.9 Å². The molecule has 0 aliphatic rings. The maximum absolute atomic E-state index is 9.77. The van der Waals surface area contributed by atoms with Gasteiger partial charge in [0.15, 0.2) is 12.2 Å². The van der Waals surface area contributed by atoms with Crippen LogP contribution in [0.5, 0.6) is 5.75 Å². The van der Waals surface area contributed by atoms with Crippen LogP contribution in [0.2, 0.25) is 0 Å². The summed E-state index contributed by atoms with van der Waals surface area (Å²) in [6.07, 6.45) is -2.41. The van der Waals surface area contributed by atoms with Gasteiger partial charge in [-0.05, 0) is 18.1 Å². The highest BCUT2D eigenvalue weighted by atomic mass is 16.5. The van der Waals surface area contributed by atoms with Gasteiger partial charge in [0.1, 0.15) is 18.5 Å². The number of rotatable bonds is 11. The van der Waals surface area contributed by atoms with E-state index in [1.165, 1.54) is 0 Å². The highest BCUT2D eigenvalue weighted by molar-refractivity contribution is 5.83. The van der Waals surface area contributed by atoms with E-state index in [-0.39, 0.29) is 0 Å². The summed E-state index contributed by atoms with van der Waals surface area (Å²) in [6, 6.07) is 8.20. The smallest absolute Gasteiger partial charge is 0.335 e. The molecule has 0 aliphatic heterocycles. The average molecular weight is 399 g/mol. The van der Waals surface area contributed by atoms with Crippen molar-refractivity contribution in [2.24, 2.45) is 0 Å². The maximum atomic E-state index is 9.77. The number of hydrogen-bond donors (Lipinski definition) is 6. The standard InChI is InChI=1S/C15H23NO2.C4H6O6/c1-4-7-13-8-5-6-9-15(13)18-11-14(17)10-16-12(2)3;5-1(3(7)8)2(6)4(9)10/h4-6,8-9,12,14,16-17H,1,7,10-11H2,2-3H3;1-2,5-6H,(H,7,8)(H,9,10)/t14-;1-,2-/m01/s1. The van der Waals surface area contributed by atoms with Crippen molar-refractivity contribution in [1.29, 1.82) is 0 Å². The highest BCUT2D eigenvalue weighted by Crippen LogP contribution is 2.18. The topological polar surface area (TPSA) is 157 Å². The zero-order valence-corrected chi connectivity index (χ0v) is 16.0. The third kappa shape index (κ3) is 10.6. The van der Waals surface area contributed by atoms with Crippen LogP contribution >= 0.6 is 0 Å². The zero-order valence-electron chi connectivity index (χ0n) is 16.0. The van der Waals surface area contributed by atoms with Gasteiger partial charge in [-0.2, -0.15) is 0 Å². The number of ether oxygens (including phenoxy) is 1. The van der Waals surface area contributed by atoms with Crippen molar-refractivity contribution in [3.63, 3.8) is 0 Å². The molecule has 1 aromatic carbocycles. The van der Waals surface area contributed by atoms with Crippen LogP contribution < -0.4 is 10.1 Å². The first-order chi connectivity index (χ1) is 13.1. The molecule has 9 heteroatoms. The van der Waals surface area contributed by atoms with Gasteiger partial charge in [-0.1, -0.05) is 38.1 Å². The lowest BCUT2D eigenvalue weighted by molar-refractivity contribution is -0.165. The molecule has 0 spiro atoms. The fraction of sp³-hybridized carbons (Fsp3) is 0.474. The van der Waals surface area contributed by atoms with Gasteiger partial charge < -0.3 is 35.6 Å². The molecule has 0 aromatic heterocycles. The second kappa shape index (κ2) is 13.7. The molecular weight excluding hydrogens is 370 g/mol. The van der Waals surface area contributed by atoms with Gasteiger partial charge in [0.05, 0.1) is 0 Å². The number of nitrogens with one attached hydrogen (secondary N) is 1. The van der Waals surface area contributed by atoms with E-state index in [1.54, 1.807) is 0 Å². The monoisotopic (exact) mass is 399 g/mol. The maximum Gasteiger partial charge on any atom is 0.335 e. The number of benzene rings is 1. The minimum absolute atomic E-state index is 0.299. The Morgan fingerprint density at radius 3 is 2.11 bits per heavy atom. The summed E-state index contributed by atoms with van der Waals surface area (Å²) in [5, 5.41) is 45.5. The molecule has 1 aromatic rings. The number of para-hydroxylation sites is 1. The Balaban J connectivity index is 0.000000621. The first-order valence-electron chi connectivity index (χ1n) is 8.64. The van der Waals surface area contributed by atoms with Crippen molar-refractivity contribution in [1.82, 2.24) is 5.32 Å². The van der Waals surface area contributed by atoms with Crippen LogP contribution in [0.3, 0.4) is 0 Å². The van der Waals surface area contributed by atoms with Crippen LogP contribution in [-0.2, 0) is 16.0 Å². The van der Waals surface area contributed by atoms with Gasteiger partial charge in [-0.25, -0.2) is 9.59 Å². The van der Waals surface area contributed by atoms with Crippen molar-refractivity contribution >= 4 is 11.9 Å². The van der Waals surface area contributed by atoms with Crippen molar-refractivity contribution in [3.05, 3.63) is 42.5 Å². The Labute approximate surface area is 163 Å². The largest absolute Gasteiger partial charge is 0.491 e. The summed E-state index contributed by atoms with van der Waals surface area (Å²) in [4.78, 5) is 19.5. The third-order valence-corrected chi connectivity index (χ3v) is 3.33.